The molecule has 45 heavy (non-hydrogen) atoms. The van der Waals surface area contributed by atoms with Crippen LogP contribution >= 0.6 is 0 Å². The molecular weight excluding hydrogens is 715 g/mol. The van der Waals surface area contributed by atoms with Crippen molar-refractivity contribution in [2.75, 3.05) is 0 Å². The van der Waals surface area contributed by atoms with Crippen molar-refractivity contribution in [3.63, 3.8) is 0 Å². The van der Waals surface area contributed by atoms with Gasteiger partial charge in [-0.3, -0.25) is 24.4 Å². The Morgan fingerprint density at radius 2 is 0.600 bits per heavy atom. The van der Waals surface area contributed by atoms with E-state index in [1.165, 1.54) is 74.9 Å². The zero-order chi connectivity index (χ0) is 35.4. The number of carbonyl (C=O) groups excluding carboxylic acids is 3. The maximum absolute atomic E-state index is 10.4. The van der Waals surface area contributed by atoms with Gasteiger partial charge >= 0.3 is 0 Å². The first kappa shape index (κ1) is 46.6. The number of hydrogen-bond acceptors (Lipinski definition) is 8. The second-order valence-corrected chi connectivity index (χ2v) is 11.1. The van der Waals surface area contributed by atoms with E-state index in [0.29, 0.717) is 16.7 Å². The average molecular weight is 770 g/mol. The monoisotopic (exact) mass is 769 g/mol. The van der Waals surface area contributed by atoms with Crippen LogP contribution in [0.2, 0.25) is 0 Å². The van der Waals surface area contributed by atoms with E-state index in [2.05, 4.69) is 55.4 Å². The number of ketones is 3. The second kappa shape index (κ2) is 21.1. The van der Waals surface area contributed by atoms with Crippen LogP contribution in [0.25, 0.3) is 11.4 Å². The van der Waals surface area contributed by atoms with Gasteiger partial charge in [-0.05, 0) is 151 Å². The summed E-state index contributed by atoms with van der Waals surface area (Å²) in [6, 6.07) is 0. The number of allylic oxidation sites excluding steroid dienone is 6. The van der Waals surface area contributed by atoms with Crippen molar-refractivity contribution in [3.8, 4) is 11.4 Å². The molecule has 0 fully saturated rings. The van der Waals surface area contributed by atoms with Crippen LogP contribution in [0.4, 0.5) is 0 Å². The first-order valence-electron chi connectivity index (χ1n) is 14.4. The van der Waals surface area contributed by atoms with Crippen LogP contribution in [-0.4, -0.2) is 42.6 Å². The minimum absolute atomic E-state index is 0. The summed E-state index contributed by atoms with van der Waals surface area (Å²) < 4.78 is 0. The maximum atomic E-state index is 10.4. The number of rotatable bonds is 4. The van der Waals surface area contributed by atoms with E-state index in [1.807, 2.05) is 0 Å². The van der Waals surface area contributed by atoms with Gasteiger partial charge in [-0.2, -0.15) is 0 Å². The third kappa shape index (κ3) is 14.9. The molecule has 8 nitrogen and oxygen atoms in total. The number of hydrogen-bond donors (Lipinski definition) is 3. The Hall–Kier alpha value is -2.78. The molecule has 0 saturated heterocycles. The molecule has 0 amide bonds. The number of carbonyl (C=O) groups is 3. The fraction of sp³-hybridized carbons (Fsp3) is 0.472. The Morgan fingerprint density at radius 3 is 0.733 bits per heavy atom. The molecule has 0 unspecified atom stereocenters. The predicted molar refractivity (Wildman–Crippen MR) is 180 cm³/mol. The van der Waals surface area contributed by atoms with Gasteiger partial charge in [0.25, 0.3) is 0 Å². The Bertz CT molecular complexity index is 1340. The summed E-state index contributed by atoms with van der Waals surface area (Å²) >= 11 is 0. The smallest absolute Gasteiger partial charge is 0.158 e. The van der Waals surface area contributed by atoms with E-state index in [9.17, 15) is 14.4 Å². The number of aliphatic hydroxyl groups is 3. The van der Waals surface area contributed by atoms with E-state index < -0.39 is 0 Å². The summed E-state index contributed by atoms with van der Waals surface area (Å²) in [4.78, 5) is 40.7. The number of aryl methyl sites for hydroxylation is 2. The largest absolute Gasteiger partial charge is 0.512 e. The molecule has 0 spiro atoms. The van der Waals surface area contributed by atoms with Crippen molar-refractivity contribution in [2.24, 2.45) is 0 Å². The molecule has 1 radical (unpaired) electrons. The molecule has 0 aliphatic rings. The Kier molecular flexibility index (Phi) is 21.9. The average Bonchev–Trinajstić information content (AvgIpc) is 2.94. The van der Waals surface area contributed by atoms with Crippen LogP contribution in [-0.2, 0) is 14.4 Å². The molecule has 0 atom stereocenters. The normalized spacial score (nSPS) is 11.8. The van der Waals surface area contributed by atoms with Crippen LogP contribution < -0.4 is 0 Å². The minimum atomic E-state index is -0.0787. The van der Waals surface area contributed by atoms with Crippen molar-refractivity contribution in [3.05, 3.63) is 78.8 Å². The van der Waals surface area contributed by atoms with Gasteiger partial charge in [0.15, 0.2) is 17.3 Å². The maximum Gasteiger partial charge on any atom is 0.158 e. The van der Waals surface area contributed by atoms with E-state index in [4.69, 9.17) is 25.3 Å². The SMILES string of the molecule is CC(=O)/C(C)=C(/C)O.CC(=O)/C(C)=C(/C)O.CC(=O)/C(C)=C(/C)O.Cc1nc(-c2nc(C)c(C)c(C)c2C)c(C)c(C)c1C.[Tb]. The molecule has 0 saturated carbocycles. The summed E-state index contributed by atoms with van der Waals surface area (Å²) in [5.41, 5.74) is 13.3. The van der Waals surface area contributed by atoms with Gasteiger partial charge in [0.2, 0.25) is 0 Å². The fourth-order valence-electron chi connectivity index (χ4n) is 3.36. The van der Waals surface area contributed by atoms with Gasteiger partial charge in [-0.1, -0.05) is 0 Å². The standard InChI is InChI=1S/C18H24N2.3C6H10O2.Tb/c1-9-11(3)15(7)19-17(13(9)5)18-14(6)10(2)12(4)16(8)20-18;3*1-4(5(2)7)6(3)8;/h1-8H3;3*7H,1-3H3;/b;3*5-4-;. The van der Waals surface area contributed by atoms with Crippen molar-refractivity contribution in [2.45, 2.75) is 118 Å². The molecule has 3 N–H and O–H groups in total. The third-order valence-electron chi connectivity index (χ3n) is 8.04. The van der Waals surface area contributed by atoms with Gasteiger partial charge in [0, 0.05) is 66.7 Å². The third-order valence-corrected chi connectivity index (χ3v) is 8.04. The number of Topliss-reactive ketones (excluding diaryl/α,β-unsaturated/α-hetero) is 3. The summed E-state index contributed by atoms with van der Waals surface area (Å²) in [7, 11) is 0. The van der Waals surface area contributed by atoms with Crippen molar-refractivity contribution in [1.29, 1.82) is 0 Å². The van der Waals surface area contributed by atoms with Crippen LogP contribution in [0.1, 0.15) is 107 Å². The van der Waals surface area contributed by atoms with E-state index in [-0.39, 0.29) is 73.2 Å². The van der Waals surface area contributed by atoms with E-state index in [1.54, 1.807) is 20.8 Å². The molecule has 0 aromatic carbocycles. The van der Waals surface area contributed by atoms with Crippen molar-refractivity contribution < 1.29 is 68.3 Å². The first-order chi connectivity index (χ1) is 19.9. The van der Waals surface area contributed by atoms with Crippen molar-refractivity contribution >= 4 is 17.3 Å². The molecular formula is C36H54N2O6Tb. The zero-order valence-electron chi connectivity index (χ0n) is 30.3. The summed E-state index contributed by atoms with van der Waals surface area (Å²) in [5.74, 6) is 0.0903. The zero-order valence-corrected chi connectivity index (χ0v) is 32.4. The quantitative estimate of drug-likeness (QED) is 0.207. The number of nitrogens with zero attached hydrogens (tertiary/aromatic N) is 2. The summed E-state index contributed by atoms with van der Waals surface area (Å²) in [6.07, 6.45) is 0. The van der Waals surface area contributed by atoms with Gasteiger partial charge in [0.05, 0.1) is 28.7 Å². The van der Waals surface area contributed by atoms with E-state index >= 15 is 0 Å². The molecule has 0 aliphatic carbocycles. The van der Waals surface area contributed by atoms with E-state index in [0.717, 1.165) is 22.8 Å². The molecule has 253 valence electrons. The Morgan fingerprint density at radius 1 is 0.400 bits per heavy atom. The van der Waals surface area contributed by atoms with Crippen LogP contribution in [0, 0.1) is 94.0 Å². The number of aliphatic hydroxyl groups excluding tert-OH is 3. The first-order valence-corrected chi connectivity index (χ1v) is 14.4. The van der Waals surface area contributed by atoms with Gasteiger partial charge in [-0.25, -0.2) is 0 Å². The second-order valence-electron chi connectivity index (χ2n) is 11.1. The molecule has 2 heterocycles. The number of aromatic nitrogens is 2. The van der Waals surface area contributed by atoms with Gasteiger partial charge in [-0.15, -0.1) is 0 Å². The molecule has 9 heteroatoms. The van der Waals surface area contributed by atoms with Gasteiger partial charge < -0.3 is 15.3 Å². The van der Waals surface area contributed by atoms with Crippen LogP contribution in [0.5, 0.6) is 0 Å². The fourth-order valence-corrected chi connectivity index (χ4v) is 3.36. The molecule has 2 aromatic rings. The predicted octanol–water partition coefficient (Wildman–Crippen LogP) is 8.89. The summed E-state index contributed by atoms with van der Waals surface area (Å²) in [6.45, 7) is 30.6. The molecule has 0 bridgehead atoms. The van der Waals surface area contributed by atoms with Crippen LogP contribution in [0.3, 0.4) is 0 Å². The molecule has 0 aliphatic heterocycles. The van der Waals surface area contributed by atoms with Crippen molar-refractivity contribution in [1.82, 2.24) is 9.97 Å². The van der Waals surface area contributed by atoms with Gasteiger partial charge in [0.1, 0.15) is 0 Å². The Balaban J connectivity index is -0.000000591. The molecule has 2 aromatic heterocycles. The minimum Gasteiger partial charge on any atom is -0.512 e. The molecule has 2 rings (SSSR count). The van der Waals surface area contributed by atoms with Crippen LogP contribution in [0.15, 0.2) is 34.0 Å². The number of pyridine rings is 2. The topological polar surface area (TPSA) is 138 Å². The Labute approximate surface area is 301 Å². The summed E-state index contributed by atoms with van der Waals surface area (Å²) in [5, 5.41) is 26.0.